The highest BCUT2D eigenvalue weighted by atomic mass is 79.9. The van der Waals surface area contributed by atoms with Crippen LogP contribution in [0.15, 0.2) is 51.6 Å². The molecular weight excluding hydrogens is 504 g/mol. The summed E-state index contributed by atoms with van der Waals surface area (Å²) in [6, 6.07) is 11.5. The van der Waals surface area contributed by atoms with Gasteiger partial charge >= 0.3 is 12.1 Å². The van der Waals surface area contributed by atoms with Gasteiger partial charge in [0.2, 0.25) is 0 Å². The zero-order valence-electron chi connectivity index (χ0n) is 19.0. The van der Waals surface area contributed by atoms with E-state index in [1.807, 2.05) is 36.4 Å². The number of halogens is 1. The molecule has 1 saturated heterocycles. The summed E-state index contributed by atoms with van der Waals surface area (Å²) in [7, 11) is 0. The van der Waals surface area contributed by atoms with Crippen LogP contribution in [0.4, 0.5) is 4.79 Å². The van der Waals surface area contributed by atoms with Crippen molar-refractivity contribution in [1.82, 2.24) is 9.80 Å². The summed E-state index contributed by atoms with van der Waals surface area (Å²) in [5.74, 6) is 0.349. The number of furan rings is 1. The molecule has 2 heterocycles. The van der Waals surface area contributed by atoms with Gasteiger partial charge in [0.05, 0.1) is 19.3 Å². The van der Waals surface area contributed by atoms with Crippen molar-refractivity contribution in [3.8, 4) is 5.75 Å². The zero-order chi connectivity index (χ0) is 24.1. The third-order valence-electron chi connectivity index (χ3n) is 5.83. The number of ether oxygens (including phenoxy) is 2. The van der Waals surface area contributed by atoms with E-state index in [0.717, 1.165) is 32.1 Å². The first kappa shape index (κ1) is 24.1. The highest BCUT2D eigenvalue weighted by Crippen LogP contribution is 2.31. The molecule has 1 aromatic heterocycles. The summed E-state index contributed by atoms with van der Waals surface area (Å²) in [5.41, 5.74) is 3.50. The summed E-state index contributed by atoms with van der Waals surface area (Å²) in [6.07, 6.45) is 0.988. The first-order valence-electron chi connectivity index (χ1n) is 11.2. The quantitative estimate of drug-likeness (QED) is 0.422. The predicted octanol–water partition coefficient (Wildman–Crippen LogP) is 4.68. The molecule has 1 amide bonds. The SMILES string of the molecule is CCOC(=O)Cc1ccccc1OCc1coc2c(CN3CCN(C(=O)O)CC3)cc(Br)cc12. The Balaban J connectivity index is 1.48. The molecule has 0 saturated carbocycles. The van der Waals surface area contributed by atoms with Crippen molar-refractivity contribution < 1.29 is 28.6 Å². The first-order chi connectivity index (χ1) is 16.4. The number of fused-ring (bicyclic) bond motifs is 1. The minimum atomic E-state index is -0.871. The van der Waals surface area contributed by atoms with Gasteiger partial charge in [-0.2, -0.15) is 0 Å². The van der Waals surface area contributed by atoms with E-state index in [-0.39, 0.29) is 12.4 Å². The first-order valence-corrected chi connectivity index (χ1v) is 12.0. The number of carbonyl (C=O) groups is 2. The smallest absolute Gasteiger partial charge is 0.407 e. The molecule has 3 aromatic rings. The van der Waals surface area contributed by atoms with E-state index in [1.54, 1.807) is 13.2 Å². The van der Waals surface area contributed by atoms with Crippen LogP contribution in [0.3, 0.4) is 0 Å². The van der Waals surface area contributed by atoms with Gasteiger partial charge in [0, 0.05) is 59.3 Å². The van der Waals surface area contributed by atoms with E-state index in [9.17, 15) is 9.59 Å². The number of nitrogens with zero attached hydrogens (tertiary/aromatic N) is 2. The second-order valence-electron chi connectivity index (χ2n) is 8.13. The Bertz CT molecular complexity index is 1170. The Morgan fingerprint density at radius 3 is 2.59 bits per heavy atom. The third kappa shape index (κ3) is 5.71. The lowest BCUT2D eigenvalue weighted by molar-refractivity contribution is -0.142. The average Bonchev–Trinajstić information content (AvgIpc) is 3.22. The molecule has 0 aliphatic carbocycles. The molecule has 0 radical (unpaired) electrons. The number of amides is 1. The molecule has 0 spiro atoms. The number of rotatable bonds is 8. The summed E-state index contributed by atoms with van der Waals surface area (Å²) >= 11 is 3.61. The molecule has 0 bridgehead atoms. The van der Waals surface area contributed by atoms with E-state index in [1.165, 1.54) is 4.90 Å². The van der Waals surface area contributed by atoms with Crippen molar-refractivity contribution in [3.63, 3.8) is 0 Å². The van der Waals surface area contributed by atoms with Gasteiger partial charge in [-0.05, 0) is 25.1 Å². The van der Waals surface area contributed by atoms with Crippen LogP contribution in [0.1, 0.15) is 23.6 Å². The summed E-state index contributed by atoms with van der Waals surface area (Å²) in [6.45, 7) is 5.42. The number of hydrogen-bond acceptors (Lipinski definition) is 6. The molecule has 180 valence electrons. The van der Waals surface area contributed by atoms with E-state index in [2.05, 4.69) is 20.8 Å². The zero-order valence-corrected chi connectivity index (χ0v) is 20.5. The molecule has 0 atom stereocenters. The minimum Gasteiger partial charge on any atom is -0.488 e. The van der Waals surface area contributed by atoms with Gasteiger partial charge < -0.3 is 23.9 Å². The van der Waals surface area contributed by atoms with Gasteiger partial charge in [0.15, 0.2) is 0 Å². The van der Waals surface area contributed by atoms with Gasteiger partial charge in [0.25, 0.3) is 0 Å². The number of para-hydroxylation sites is 1. The van der Waals surface area contributed by atoms with Crippen LogP contribution in [0, 0.1) is 0 Å². The number of benzene rings is 2. The Morgan fingerprint density at radius 2 is 1.85 bits per heavy atom. The number of carbonyl (C=O) groups excluding carboxylic acids is 1. The molecule has 9 heteroatoms. The second kappa shape index (κ2) is 10.9. The Kier molecular flexibility index (Phi) is 7.74. The number of hydrogen-bond donors (Lipinski definition) is 1. The maximum atomic E-state index is 11.9. The molecule has 1 N–H and O–H groups in total. The van der Waals surface area contributed by atoms with E-state index in [4.69, 9.17) is 19.0 Å². The Labute approximate surface area is 206 Å². The monoisotopic (exact) mass is 530 g/mol. The minimum absolute atomic E-state index is 0.154. The highest BCUT2D eigenvalue weighted by molar-refractivity contribution is 9.10. The summed E-state index contributed by atoms with van der Waals surface area (Å²) < 4.78 is 18.0. The second-order valence-corrected chi connectivity index (χ2v) is 9.04. The molecule has 2 aromatic carbocycles. The molecule has 4 rings (SSSR count). The summed E-state index contributed by atoms with van der Waals surface area (Å²) in [4.78, 5) is 26.8. The predicted molar refractivity (Wildman–Crippen MR) is 130 cm³/mol. The van der Waals surface area contributed by atoms with Crippen LogP contribution in [0.2, 0.25) is 0 Å². The van der Waals surface area contributed by atoms with Gasteiger partial charge in [-0.1, -0.05) is 34.1 Å². The van der Waals surface area contributed by atoms with Crippen molar-refractivity contribution in [2.24, 2.45) is 0 Å². The fourth-order valence-corrected chi connectivity index (χ4v) is 4.61. The molecule has 34 heavy (non-hydrogen) atoms. The van der Waals surface area contributed by atoms with Crippen molar-refractivity contribution in [3.05, 3.63) is 63.8 Å². The van der Waals surface area contributed by atoms with Crippen LogP contribution >= 0.6 is 15.9 Å². The lowest BCUT2D eigenvalue weighted by atomic mass is 10.1. The van der Waals surface area contributed by atoms with E-state index < -0.39 is 6.09 Å². The average molecular weight is 531 g/mol. The van der Waals surface area contributed by atoms with Crippen molar-refractivity contribution in [1.29, 1.82) is 0 Å². The Hall–Kier alpha value is -3.04. The standard InChI is InChI=1S/C25H27BrN2O6/c1-2-32-23(29)12-17-5-3-4-6-22(17)33-15-19-16-34-24-18(11-20(26)13-21(19)24)14-27-7-9-28(10-8-27)25(30)31/h3-6,11,13,16H,2,7-10,12,14-15H2,1H3,(H,30,31). The molecule has 8 nitrogen and oxygen atoms in total. The molecule has 1 aliphatic heterocycles. The lowest BCUT2D eigenvalue weighted by Crippen LogP contribution is -2.47. The lowest BCUT2D eigenvalue weighted by Gasteiger charge is -2.33. The Morgan fingerprint density at radius 1 is 1.09 bits per heavy atom. The van der Waals surface area contributed by atoms with E-state index >= 15 is 0 Å². The number of carboxylic acid groups (broad SMARTS) is 1. The molecule has 0 unspecified atom stereocenters. The van der Waals surface area contributed by atoms with Crippen molar-refractivity contribution in [2.75, 3.05) is 32.8 Å². The van der Waals surface area contributed by atoms with Gasteiger partial charge in [-0.3, -0.25) is 9.69 Å². The van der Waals surface area contributed by atoms with E-state index in [0.29, 0.717) is 51.7 Å². The maximum Gasteiger partial charge on any atom is 0.407 e. The summed E-state index contributed by atoms with van der Waals surface area (Å²) in [5, 5.41) is 10.1. The molecule has 1 fully saturated rings. The van der Waals surface area contributed by atoms with Crippen LogP contribution in [0.5, 0.6) is 5.75 Å². The van der Waals surface area contributed by atoms with Gasteiger partial charge in [-0.15, -0.1) is 0 Å². The third-order valence-corrected chi connectivity index (χ3v) is 6.29. The molecular formula is C25H27BrN2O6. The van der Waals surface area contributed by atoms with Crippen molar-refractivity contribution >= 4 is 39.0 Å². The number of esters is 1. The number of piperazine rings is 1. The van der Waals surface area contributed by atoms with Crippen LogP contribution in [-0.2, 0) is 29.1 Å². The fraction of sp³-hybridized carbons (Fsp3) is 0.360. The van der Waals surface area contributed by atoms with Gasteiger partial charge in [-0.25, -0.2) is 4.79 Å². The van der Waals surface area contributed by atoms with Crippen LogP contribution in [0.25, 0.3) is 11.0 Å². The van der Waals surface area contributed by atoms with Crippen LogP contribution in [-0.4, -0.2) is 59.8 Å². The van der Waals surface area contributed by atoms with Crippen molar-refractivity contribution in [2.45, 2.75) is 26.5 Å². The maximum absolute atomic E-state index is 11.9. The topological polar surface area (TPSA) is 92.5 Å². The highest BCUT2D eigenvalue weighted by Gasteiger charge is 2.22. The largest absolute Gasteiger partial charge is 0.488 e. The van der Waals surface area contributed by atoms with Gasteiger partial charge in [0.1, 0.15) is 17.9 Å². The van der Waals surface area contributed by atoms with Crippen LogP contribution < -0.4 is 4.74 Å². The normalized spacial score (nSPS) is 14.4. The molecule has 1 aliphatic rings. The fourth-order valence-electron chi connectivity index (χ4n) is 4.10.